The van der Waals surface area contributed by atoms with Gasteiger partial charge in [0.25, 0.3) is 0 Å². The number of ketones is 1. The van der Waals surface area contributed by atoms with Crippen LogP contribution in [0.2, 0.25) is 6.32 Å². The molecule has 0 aromatic rings. The van der Waals surface area contributed by atoms with Gasteiger partial charge in [-0.05, 0) is 6.92 Å². The van der Waals surface area contributed by atoms with Gasteiger partial charge in [-0.15, -0.1) is 0 Å². The van der Waals surface area contributed by atoms with Crippen LogP contribution in [0.25, 0.3) is 0 Å². The first-order valence-electron chi connectivity index (χ1n) is 4.67. The van der Waals surface area contributed by atoms with Crippen LogP contribution in [0.5, 0.6) is 0 Å². The van der Waals surface area contributed by atoms with E-state index in [0.29, 0.717) is 0 Å². The molecule has 0 bridgehead atoms. The average Bonchev–Trinajstić information content (AvgIpc) is 2.03. The zero-order valence-electron chi connectivity index (χ0n) is 9.43. The van der Waals surface area contributed by atoms with Gasteiger partial charge < -0.3 is 4.74 Å². The van der Waals surface area contributed by atoms with Crippen LogP contribution in [-0.2, 0) is 34.7 Å². The fourth-order valence-electron chi connectivity index (χ4n) is 0.557. The number of carbonyl (C=O) groups is 2. The van der Waals surface area contributed by atoms with E-state index in [1.165, 1.54) is 34.4 Å². The smallest absolute Gasteiger partial charge is 0.303 e. The molecule has 0 heterocycles. The third kappa shape index (κ3) is 29.6. The van der Waals surface area contributed by atoms with Crippen LogP contribution < -0.4 is 0 Å². The van der Waals surface area contributed by atoms with Gasteiger partial charge >= 0.3 is 5.97 Å². The molecule has 3 nitrogen and oxygen atoms in total. The van der Waals surface area contributed by atoms with Crippen LogP contribution >= 0.6 is 0 Å². The Labute approximate surface area is 102 Å². The van der Waals surface area contributed by atoms with Crippen LogP contribution in [0.15, 0.2) is 0 Å². The molecule has 7 heteroatoms. The standard InChI is InChI=1S/C5H8O3.C2H9B3.Re/c1-4(6)3-8-5(2)7;1-2-4-5-3;/h3H2,1-2H3;4-5H,2-3H2,1H3;. The van der Waals surface area contributed by atoms with Crippen molar-refractivity contribution in [3.63, 3.8) is 0 Å². The molecule has 0 saturated carbocycles. The zero-order valence-corrected chi connectivity index (χ0v) is 12.1. The van der Waals surface area contributed by atoms with Crippen molar-refractivity contribution in [3.05, 3.63) is 0 Å². The molecule has 0 aromatic heterocycles. The van der Waals surface area contributed by atoms with Gasteiger partial charge in [-0.2, -0.15) is 0 Å². The van der Waals surface area contributed by atoms with Gasteiger partial charge in [-0.25, -0.2) is 0 Å². The van der Waals surface area contributed by atoms with E-state index in [1.807, 2.05) is 0 Å². The second-order valence-corrected chi connectivity index (χ2v) is 2.84. The summed E-state index contributed by atoms with van der Waals surface area (Å²) < 4.78 is 4.31. The number of ether oxygens (including phenoxy) is 1. The Kier molecular flexibility index (Phi) is 21.6. The minimum absolute atomic E-state index is 0. The summed E-state index contributed by atoms with van der Waals surface area (Å²) in [4.78, 5) is 20.0. The van der Waals surface area contributed by atoms with Crippen molar-refractivity contribution in [3.8, 4) is 0 Å². The molecule has 79 valence electrons. The number of Topliss-reactive ketones (excluding diaryl/α,β-unsaturated/α-hetero) is 1. The van der Waals surface area contributed by atoms with Gasteiger partial charge in [-0.3, -0.25) is 9.59 Å². The minimum Gasteiger partial charge on any atom is -0.458 e. The second kappa shape index (κ2) is 15.5. The SMILES string of the molecule is BBBCC.CC(=O)COC(C)=O.[Re]. The largest absolute Gasteiger partial charge is 0.458 e. The number of esters is 1. The van der Waals surface area contributed by atoms with E-state index in [4.69, 9.17) is 0 Å². The minimum atomic E-state index is -0.416. The first kappa shape index (κ1) is 19.6. The summed E-state index contributed by atoms with van der Waals surface area (Å²) in [5, 5.41) is 0. The molecule has 14 heavy (non-hydrogen) atoms. The molecule has 0 spiro atoms. The number of carbonyl (C=O) groups excluding carboxylic acids is 2. The van der Waals surface area contributed by atoms with Gasteiger partial charge in [0, 0.05) is 27.3 Å². The van der Waals surface area contributed by atoms with E-state index in [1.54, 1.807) is 0 Å². The van der Waals surface area contributed by atoms with Crippen molar-refractivity contribution in [2.24, 2.45) is 0 Å². The fraction of sp³-hybridized carbons (Fsp3) is 0.714. The molecule has 1 radical (unpaired) electrons. The van der Waals surface area contributed by atoms with Crippen LogP contribution in [0.4, 0.5) is 0 Å². The monoisotopic (exact) mass is 369 g/mol. The Hall–Kier alpha value is -0.00286. The maximum absolute atomic E-state index is 10.1. The van der Waals surface area contributed by atoms with Crippen molar-refractivity contribution < 1.29 is 34.7 Å². The zero-order chi connectivity index (χ0) is 10.7. The Bertz CT molecular complexity index is 139. The van der Waals surface area contributed by atoms with Crippen molar-refractivity contribution in [1.29, 1.82) is 0 Å². The molecule has 0 aliphatic heterocycles. The normalized spacial score (nSPS) is 7.07. The predicted molar refractivity (Wildman–Crippen MR) is 60.6 cm³/mol. The summed E-state index contributed by atoms with van der Waals surface area (Å²) in [6.45, 7) is 4.74. The summed E-state index contributed by atoms with van der Waals surface area (Å²) in [5.41, 5.74) is 0. The first-order chi connectivity index (χ1) is 6.04. The summed E-state index contributed by atoms with van der Waals surface area (Å²) in [5.74, 6) is -0.555. The molecule has 0 unspecified atom stereocenters. The van der Waals surface area contributed by atoms with Gasteiger partial charge in [0.1, 0.15) is 6.61 Å². The topological polar surface area (TPSA) is 43.4 Å². The van der Waals surface area contributed by atoms with Crippen molar-refractivity contribution in [2.75, 3.05) is 6.61 Å². The average molecular weight is 368 g/mol. The maximum atomic E-state index is 10.1. The van der Waals surface area contributed by atoms with E-state index in [-0.39, 0.29) is 32.8 Å². The molecule has 0 N–H and O–H groups in total. The number of rotatable bonds is 4. The van der Waals surface area contributed by atoms with Gasteiger partial charge in [0.05, 0.1) is 22.0 Å². The Morgan fingerprint density at radius 1 is 1.36 bits per heavy atom. The van der Waals surface area contributed by atoms with Gasteiger partial charge in [0.2, 0.25) is 0 Å². The van der Waals surface area contributed by atoms with Crippen molar-refractivity contribution in [1.82, 2.24) is 0 Å². The van der Waals surface area contributed by atoms with Crippen LogP contribution in [0.1, 0.15) is 20.8 Å². The first-order valence-corrected chi connectivity index (χ1v) is 4.67. The molecular weight excluding hydrogens is 351 g/mol. The van der Waals surface area contributed by atoms with E-state index in [2.05, 4.69) is 19.4 Å². The molecule has 0 rings (SSSR count). The second-order valence-electron chi connectivity index (χ2n) is 2.84. The van der Waals surface area contributed by atoms with Crippen LogP contribution in [0, 0.1) is 0 Å². The van der Waals surface area contributed by atoms with E-state index < -0.39 is 5.97 Å². The van der Waals surface area contributed by atoms with E-state index >= 15 is 0 Å². The maximum Gasteiger partial charge on any atom is 0.303 e. The predicted octanol–water partition coefficient (Wildman–Crippen LogP) is -1.10. The van der Waals surface area contributed by atoms with Crippen molar-refractivity contribution >= 4 is 33.7 Å². The third-order valence-electron chi connectivity index (χ3n) is 1.19. The Balaban J connectivity index is -0.000000177. The van der Waals surface area contributed by atoms with Gasteiger partial charge in [0.15, 0.2) is 5.78 Å². The summed E-state index contributed by atoms with van der Waals surface area (Å²) in [6.07, 6.45) is 1.34. The Morgan fingerprint density at radius 2 is 1.86 bits per heavy atom. The molecule has 0 fully saturated rings. The quantitative estimate of drug-likeness (QED) is 0.468. The molecule has 0 saturated heterocycles. The number of hydrogen-bond acceptors (Lipinski definition) is 3. The van der Waals surface area contributed by atoms with E-state index in [9.17, 15) is 9.59 Å². The van der Waals surface area contributed by atoms with Gasteiger partial charge in [-0.1, -0.05) is 13.2 Å². The Morgan fingerprint density at radius 3 is 1.93 bits per heavy atom. The van der Waals surface area contributed by atoms with E-state index in [0.717, 1.165) is 0 Å². The third-order valence-corrected chi connectivity index (χ3v) is 1.19. The fourth-order valence-corrected chi connectivity index (χ4v) is 0.557. The molecule has 0 aliphatic rings. The molecule has 0 aromatic carbocycles. The summed E-state index contributed by atoms with van der Waals surface area (Å²) in [6, 6.07) is 0. The summed E-state index contributed by atoms with van der Waals surface area (Å²) in [7, 11) is 4.94. The molecule has 0 atom stereocenters. The molecule has 0 aliphatic carbocycles. The van der Waals surface area contributed by atoms with Crippen LogP contribution in [-0.4, -0.2) is 40.3 Å². The summed E-state index contributed by atoms with van der Waals surface area (Å²) >= 11 is 0. The molecular formula is C7H17B3O3Re. The number of hydrogen-bond donors (Lipinski definition) is 0. The molecule has 0 amide bonds. The van der Waals surface area contributed by atoms with Crippen molar-refractivity contribution in [2.45, 2.75) is 27.1 Å². The van der Waals surface area contributed by atoms with Crippen LogP contribution in [0.3, 0.4) is 0 Å².